The Morgan fingerprint density at radius 3 is 2.26 bits per heavy atom. The molecule has 0 saturated heterocycles. The molecule has 2 aromatic rings. The quantitative estimate of drug-likeness (QED) is 0.362. The van der Waals surface area contributed by atoms with Gasteiger partial charge in [-0.15, -0.1) is 0 Å². The summed E-state index contributed by atoms with van der Waals surface area (Å²) in [5.41, 5.74) is 1.52. The molecule has 0 atom stereocenters. The fourth-order valence-electron chi connectivity index (χ4n) is 4.18. The van der Waals surface area contributed by atoms with Crippen LogP contribution < -0.4 is 9.08 Å². The first-order valence-corrected chi connectivity index (χ1v) is 14.0. The molecule has 6 nitrogen and oxygen atoms in total. The Morgan fingerprint density at radius 1 is 1.00 bits per heavy atom. The molecule has 34 heavy (non-hydrogen) atoms. The highest BCUT2D eigenvalue weighted by Gasteiger charge is 2.38. The average Bonchev–Trinajstić information content (AvgIpc) is 3.59. The van der Waals surface area contributed by atoms with Crippen molar-refractivity contribution < 1.29 is 17.4 Å². The molecule has 1 amide bonds. The summed E-state index contributed by atoms with van der Waals surface area (Å²) in [5, 5.41) is 0.397. The zero-order chi connectivity index (χ0) is 24.5. The number of rotatable bonds is 10. The molecular weight excluding hydrogens is 495 g/mol. The van der Waals surface area contributed by atoms with Crippen molar-refractivity contribution in [2.75, 3.05) is 18.0 Å². The number of hydrogen-bond donors (Lipinski definition) is 0. The zero-order valence-electron chi connectivity index (χ0n) is 19.5. The molecular formula is C25H30Cl2N2O4S. The van der Waals surface area contributed by atoms with E-state index in [0.717, 1.165) is 50.9 Å². The SMILES string of the molecule is CCN(CC)c1ccc(CN(C(=O)C2CCC2)C2CC2)c(OS(=O)(=O)c2ccc(Cl)c(Cl)c2)c1. The van der Waals surface area contributed by atoms with Crippen LogP contribution in [0, 0.1) is 5.92 Å². The Kier molecular flexibility index (Phi) is 7.65. The van der Waals surface area contributed by atoms with Crippen molar-refractivity contribution in [1.29, 1.82) is 0 Å². The molecule has 0 aliphatic heterocycles. The Hall–Kier alpha value is -1.96. The van der Waals surface area contributed by atoms with Crippen LogP contribution in [0.2, 0.25) is 10.0 Å². The van der Waals surface area contributed by atoms with E-state index in [1.54, 1.807) is 6.07 Å². The van der Waals surface area contributed by atoms with Crippen LogP contribution in [0.5, 0.6) is 5.75 Å². The zero-order valence-corrected chi connectivity index (χ0v) is 21.8. The van der Waals surface area contributed by atoms with Crippen molar-refractivity contribution in [2.24, 2.45) is 5.92 Å². The number of benzene rings is 2. The third kappa shape index (κ3) is 5.47. The maximum atomic E-state index is 13.1. The highest BCUT2D eigenvalue weighted by molar-refractivity contribution is 7.87. The van der Waals surface area contributed by atoms with Crippen molar-refractivity contribution in [3.8, 4) is 5.75 Å². The number of halogens is 2. The van der Waals surface area contributed by atoms with E-state index in [1.807, 2.05) is 30.9 Å². The standard InChI is InChI=1S/C25H30Cl2N2O4S/c1-3-28(4-2)20-9-8-18(16-29(19-10-11-19)25(30)17-6-5-7-17)24(14-20)33-34(31,32)21-12-13-22(26)23(27)15-21/h8-9,12-15,17,19H,3-7,10-11,16H2,1-2H3. The number of amides is 1. The van der Waals surface area contributed by atoms with E-state index in [9.17, 15) is 13.2 Å². The van der Waals surface area contributed by atoms with Crippen molar-refractivity contribution in [2.45, 2.75) is 63.4 Å². The molecule has 0 unspecified atom stereocenters. The van der Waals surface area contributed by atoms with Gasteiger partial charge in [0.05, 0.1) is 10.0 Å². The van der Waals surface area contributed by atoms with Gasteiger partial charge in [0.15, 0.2) is 0 Å². The lowest BCUT2D eigenvalue weighted by atomic mass is 9.84. The number of nitrogens with zero attached hydrogens (tertiary/aromatic N) is 2. The molecule has 0 aromatic heterocycles. The largest absolute Gasteiger partial charge is 0.379 e. The van der Waals surface area contributed by atoms with Crippen LogP contribution in [0.3, 0.4) is 0 Å². The van der Waals surface area contributed by atoms with E-state index in [-0.39, 0.29) is 38.6 Å². The van der Waals surface area contributed by atoms with Gasteiger partial charge in [0, 0.05) is 48.9 Å². The van der Waals surface area contributed by atoms with Gasteiger partial charge in [-0.1, -0.05) is 35.7 Å². The van der Waals surface area contributed by atoms with Crippen LogP contribution in [-0.4, -0.2) is 38.4 Å². The predicted molar refractivity (Wildman–Crippen MR) is 135 cm³/mol. The smallest absolute Gasteiger partial charge is 0.339 e. The summed E-state index contributed by atoms with van der Waals surface area (Å²) in [6.07, 6.45) is 4.90. The normalized spacial score (nSPS) is 16.1. The van der Waals surface area contributed by atoms with Gasteiger partial charge in [0.1, 0.15) is 10.6 Å². The van der Waals surface area contributed by atoms with E-state index in [4.69, 9.17) is 27.4 Å². The van der Waals surface area contributed by atoms with Crippen molar-refractivity contribution >= 4 is 44.9 Å². The highest BCUT2D eigenvalue weighted by atomic mass is 35.5. The molecule has 0 heterocycles. The number of hydrogen-bond acceptors (Lipinski definition) is 5. The molecule has 0 spiro atoms. The van der Waals surface area contributed by atoms with E-state index >= 15 is 0 Å². The van der Waals surface area contributed by atoms with Crippen LogP contribution in [0.4, 0.5) is 5.69 Å². The molecule has 0 N–H and O–H groups in total. The lowest BCUT2D eigenvalue weighted by Crippen LogP contribution is -2.40. The van der Waals surface area contributed by atoms with Gasteiger partial charge in [-0.3, -0.25) is 4.79 Å². The lowest BCUT2D eigenvalue weighted by Gasteiger charge is -2.32. The first kappa shape index (κ1) is 25.1. The molecule has 2 aromatic carbocycles. The van der Waals surface area contributed by atoms with Gasteiger partial charge in [-0.25, -0.2) is 0 Å². The third-order valence-electron chi connectivity index (χ3n) is 6.62. The molecule has 9 heteroatoms. The number of carbonyl (C=O) groups is 1. The maximum absolute atomic E-state index is 13.1. The molecule has 4 rings (SSSR count). The third-order valence-corrected chi connectivity index (χ3v) is 8.59. The molecule has 2 saturated carbocycles. The van der Waals surface area contributed by atoms with Crippen LogP contribution in [-0.2, 0) is 21.5 Å². The lowest BCUT2D eigenvalue weighted by molar-refractivity contribution is -0.139. The van der Waals surface area contributed by atoms with Gasteiger partial charge < -0.3 is 14.0 Å². The first-order chi connectivity index (χ1) is 16.2. The minimum atomic E-state index is -4.17. The minimum absolute atomic E-state index is 0.0781. The summed E-state index contributed by atoms with van der Waals surface area (Å²) < 4.78 is 32.0. The number of carbonyl (C=O) groups excluding carboxylic acids is 1. The van der Waals surface area contributed by atoms with Gasteiger partial charge in [-0.05, 0) is 63.8 Å². The second-order valence-corrected chi connectivity index (χ2v) is 11.3. The first-order valence-electron chi connectivity index (χ1n) is 11.8. The van der Waals surface area contributed by atoms with E-state index in [0.29, 0.717) is 12.1 Å². The van der Waals surface area contributed by atoms with Crippen molar-refractivity contribution in [3.63, 3.8) is 0 Å². The summed E-state index contributed by atoms with van der Waals surface area (Å²) in [5.74, 6) is 0.474. The average molecular weight is 525 g/mol. The summed E-state index contributed by atoms with van der Waals surface area (Å²) in [6, 6.07) is 9.87. The Bertz CT molecular complexity index is 1160. The molecule has 2 aliphatic carbocycles. The molecule has 2 fully saturated rings. The Morgan fingerprint density at radius 2 is 1.71 bits per heavy atom. The van der Waals surface area contributed by atoms with Gasteiger partial charge in [-0.2, -0.15) is 8.42 Å². The minimum Gasteiger partial charge on any atom is -0.379 e. The predicted octanol–water partition coefficient (Wildman–Crippen LogP) is 5.90. The fourth-order valence-corrected chi connectivity index (χ4v) is 5.53. The van der Waals surface area contributed by atoms with Crippen LogP contribution in [0.25, 0.3) is 0 Å². The summed E-state index contributed by atoms with van der Waals surface area (Å²) in [4.78, 5) is 17.0. The van der Waals surface area contributed by atoms with Crippen LogP contribution >= 0.6 is 23.2 Å². The summed E-state index contributed by atoms with van der Waals surface area (Å²) >= 11 is 12.0. The van der Waals surface area contributed by atoms with E-state index in [2.05, 4.69) is 4.90 Å². The molecule has 0 radical (unpaired) electrons. The van der Waals surface area contributed by atoms with Gasteiger partial charge in [0.2, 0.25) is 5.91 Å². The maximum Gasteiger partial charge on any atom is 0.339 e. The van der Waals surface area contributed by atoms with Gasteiger partial charge in [0.25, 0.3) is 0 Å². The Balaban J connectivity index is 1.68. The number of anilines is 1. The summed E-state index contributed by atoms with van der Waals surface area (Å²) in [6.45, 7) is 5.93. The monoisotopic (exact) mass is 524 g/mol. The summed E-state index contributed by atoms with van der Waals surface area (Å²) in [7, 11) is -4.17. The molecule has 2 aliphatic rings. The second-order valence-electron chi connectivity index (χ2n) is 8.90. The highest BCUT2D eigenvalue weighted by Crippen LogP contribution is 2.37. The van der Waals surface area contributed by atoms with Crippen LogP contribution in [0.15, 0.2) is 41.3 Å². The van der Waals surface area contributed by atoms with Crippen molar-refractivity contribution in [1.82, 2.24) is 4.90 Å². The van der Waals surface area contributed by atoms with E-state index < -0.39 is 10.1 Å². The molecule has 184 valence electrons. The topological polar surface area (TPSA) is 66.9 Å². The second kappa shape index (κ2) is 10.3. The van der Waals surface area contributed by atoms with Crippen LogP contribution in [0.1, 0.15) is 51.5 Å². The van der Waals surface area contributed by atoms with E-state index in [1.165, 1.54) is 18.2 Å². The molecule has 0 bridgehead atoms. The fraction of sp³-hybridized carbons (Fsp3) is 0.480. The Labute approximate surface area is 211 Å². The van der Waals surface area contributed by atoms with Crippen molar-refractivity contribution in [3.05, 3.63) is 52.0 Å². The van der Waals surface area contributed by atoms with Gasteiger partial charge >= 0.3 is 10.1 Å².